The Bertz CT molecular complexity index is 265. The maximum Gasteiger partial charge on any atom is 0.278 e. The van der Waals surface area contributed by atoms with Crippen LogP contribution in [0.5, 0.6) is 0 Å². The summed E-state index contributed by atoms with van der Waals surface area (Å²) in [6.45, 7) is -0.0972. The average Bonchev–Trinajstić information content (AvgIpc) is 2.17. The first-order chi connectivity index (χ1) is 6.85. The largest absolute Gasteiger partial charge is 0.394 e. The first kappa shape index (κ1) is 14.8. The second kappa shape index (κ2) is 5.73. The second-order valence-electron chi connectivity index (χ2n) is 3.29. The summed E-state index contributed by atoms with van der Waals surface area (Å²) < 4.78 is 29.9. The van der Waals surface area contributed by atoms with Crippen molar-refractivity contribution in [2.45, 2.75) is 18.9 Å². The fourth-order valence-corrected chi connectivity index (χ4v) is 1.97. The molecule has 0 unspecified atom stereocenters. The molecule has 0 rings (SSSR count). The zero-order chi connectivity index (χ0) is 12.1. The fraction of sp³-hybridized carbons (Fsp3) is 1.00. The summed E-state index contributed by atoms with van der Waals surface area (Å²) in [5, 5.41) is 27.1. The van der Waals surface area contributed by atoms with Gasteiger partial charge in [0.25, 0.3) is 10.1 Å². The number of aliphatic hydroxyl groups excluding tert-OH is 3. The normalized spacial score (nSPS) is 13.5. The highest BCUT2D eigenvalue weighted by Gasteiger charge is 2.35. The highest BCUT2D eigenvalue weighted by atomic mass is 32.2. The summed E-state index contributed by atoms with van der Waals surface area (Å²) in [6.07, 6.45) is 0.232. The lowest BCUT2D eigenvalue weighted by atomic mass is 9.97. The maximum atomic E-state index is 10.6. The van der Waals surface area contributed by atoms with Crippen molar-refractivity contribution >= 4 is 10.1 Å². The van der Waals surface area contributed by atoms with E-state index in [9.17, 15) is 8.42 Å². The van der Waals surface area contributed by atoms with E-state index < -0.39 is 41.5 Å². The monoisotopic (exact) mass is 243 g/mol. The smallest absolute Gasteiger partial charge is 0.278 e. The van der Waals surface area contributed by atoms with Gasteiger partial charge in [-0.15, -0.1) is 0 Å². The third kappa shape index (κ3) is 4.01. The Balaban J connectivity index is 4.90. The van der Waals surface area contributed by atoms with Gasteiger partial charge in [-0.25, -0.2) is 0 Å². The molecule has 0 amide bonds. The molecule has 0 aromatic heterocycles. The van der Waals surface area contributed by atoms with Gasteiger partial charge in [-0.05, 0) is 6.42 Å². The van der Waals surface area contributed by atoms with Crippen molar-refractivity contribution in [2.75, 3.05) is 25.8 Å². The lowest BCUT2D eigenvalue weighted by Crippen LogP contribution is -2.55. The fourth-order valence-electron chi connectivity index (χ4n) is 1.22. The van der Waals surface area contributed by atoms with E-state index in [-0.39, 0.29) is 6.42 Å². The third-order valence-corrected chi connectivity index (χ3v) is 3.05. The Labute approximate surface area is 88.7 Å². The van der Waals surface area contributed by atoms with Crippen LogP contribution in [0, 0.1) is 0 Å². The number of hydrogen-bond acceptors (Lipinski definition) is 6. The summed E-state index contributed by atoms with van der Waals surface area (Å²) in [4.78, 5) is 0.905. The third-order valence-electron chi connectivity index (χ3n) is 2.41. The van der Waals surface area contributed by atoms with E-state index in [1.54, 1.807) is 6.92 Å². The average molecular weight is 243 g/mol. The zero-order valence-corrected chi connectivity index (χ0v) is 9.31. The van der Waals surface area contributed by atoms with E-state index in [2.05, 4.69) is 0 Å². The van der Waals surface area contributed by atoms with Crippen LogP contribution in [0.3, 0.4) is 0 Å². The Morgan fingerprint density at radius 2 is 1.67 bits per heavy atom. The molecular weight excluding hydrogens is 226 g/mol. The van der Waals surface area contributed by atoms with Gasteiger partial charge in [0.1, 0.15) is 5.88 Å². The molecule has 92 valence electrons. The van der Waals surface area contributed by atoms with Crippen molar-refractivity contribution in [3.8, 4) is 0 Å². The van der Waals surface area contributed by atoms with E-state index in [4.69, 9.17) is 19.9 Å². The van der Waals surface area contributed by atoms with Gasteiger partial charge in [-0.3, -0.25) is 9.45 Å². The molecule has 0 saturated heterocycles. The van der Waals surface area contributed by atoms with E-state index in [0.29, 0.717) is 0 Å². The van der Waals surface area contributed by atoms with Crippen molar-refractivity contribution in [3.05, 3.63) is 0 Å². The Morgan fingerprint density at radius 1 is 1.20 bits per heavy atom. The standard InChI is InChI=1S/C7H17NO6S/c1-2-7(3-9,4-10)8(5-11)6-15(12,13)14/h9-11H,2-6H2,1H3,(H,12,13,14). The maximum absolute atomic E-state index is 10.6. The van der Waals surface area contributed by atoms with Crippen molar-refractivity contribution in [2.24, 2.45) is 0 Å². The minimum Gasteiger partial charge on any atom is -0.394 e. The summed E-state index contributed by atoms with van der Waals surface area (Å²) in [6, 6.07) is 0. The number of aliphatic hydroxyl groups is 3. The van der Waals surface area contributed by atoms with Crippen molar-refractivity contribution < 1.29 is 28.3 Å². The summed E-state index contributed by atoms with van der Waals surface area (Å²) in [5.41, 5.74) is -1.25. The first-order valence-electron chi connectivity index (χ1n) is 4.38. The predicted octanol–water partition coefficient (Wildman–Crippen LogP) is -1.78. The summed E-state index contributed by atoms with van der Waals surface area (Å²) in [5.74, 6) is -0.835. The molecule has 0 aliphatic heterocycles. The molecule has 0 radical (unpaired) electrons. The Hall–Kier alpha value is -0.250. The van der Waals surface area contributed by atoms with Crippen LogP contribution in [-0.2, 0) is 10.1 Å². The lowest BCUT2D eigenvalue weighted by molar-refractivity contribution is -0.0482. The molecular formula is C7H17NO6S. The molecule has 0 aromatic carbocycles. The van der Waals surface area contributed by atoms with Crippen molar-refractivity contribution in [1.29, 1.82) is 0 Å². The van der Waals surface area contributed by atoms with Gasteiger partial charge in [0.15, 0.2) is 0 Å². The summed E-state index contributed by atoms with van der Waals surface area (Å²) >= 11 is 0. The summed E-state index contributed by atoms with van der Waals surface area (Å²) in [7, 11) is -4.31. The van der Waals surface area contributed by atoms with E-state index in [1.807, 2.05) is 0 Å². The van der Waals surface area contributed by atoms with E-state index in [1.165, 1.54) is 0 Å². The molecule has 8 heteroatoms. The number of nitrogens with zero attached hydrogens (tertiary/aromatic N) is 1. The van der Waals surface area contributed by atoms with Crippen molar-refractivity contribution in [3.63, 3.8) is 0 Å². The van der Waals surface area contributed by atoms with Gasteiger partial charge in [0.2, 0.25) is 0 Å². The van der Waals surface area contributed by atoms with Crippen molar-refractivity contribution in [1.82, 2.24) is 4.90 Å². The van der Waals surface area contributed by atoms with Crippen LogP contribution >= 0.6 is 0 Å². The SMILES string of the molecule is CCC(CO)(CO)N(CO)CS(=O)(=O)O. The van der Waals surface area contributed by atoms with Crippen LogP contribution in [0.15, 0.2) is 0 Å². The molecule has 4 N–H and O–H groups in total. The van der Waals surface area contributed by atoms with Crippen LogP contribution in [0.2, 0.25) is 0 Å². The van der Waals surface area contributed by atoms with Gasteiger partial charge in [-0.2, -0.15) is 8.42 Å². The van der Waals surface area contributed by atoms with Gasteiger partial charge >= 0.3 is 0 Å². The minimum atomic E-state index is -4.31. The van der Waals surface area contributed by atoms with Crippen LogP contribution in [-0.4, -0.2) is 64.6 Å². The molecule has 0 bridgehead atoms. The zero-order valence-electron chi connectivity index (χ0n) is 8.50. The van der Waals surface area contributed by atoms with E-state index >= 15 is 0 Å². The molecule has 0 atom stereocenters. The molecule has 0 aromatic rings. The Kier molecular flexibility index (Phi) is 5.63. The molecule has 15 heavy (non-hydrogen) atoms. The van der Waals surface area contributed by atoms with Crippen LogP contribution in [0.1, 0.15) is 13.3 Å². The molecule has 7 nitrogen and oxygen atoms in total. The van der Waals surface area contributed by atoms with Gasteiger partial charge in [0, 0.05) is 0 Å². The molecule has 0 heterocycles. The quantitative estimate of drug-likeness (QED) is 0.308. The molecule has 0 saturated carbocycles. The highest BCUT2D eigenvalue weighted by Crippen LogP contribution is 2.18. The molecule has 0 spiro atoms. The van der Waals surface area contributed by atoms with E-state index in [0.717, 1.165) is 4.90 Å². The predicted molar refractivity (Wildman–Crippen MR) is 52.5 cm³/mol. The van der Waals surface area contributed by atoms with Gasteiger partial charge in [0.05, 0.1) is 25.5 Å². The topological polar surface area (TPSA) is 118 Å². The molecule has 0 aliphatic carbocycles. The van der Waals surface area contributed by atoms with Gasteiger partial charge in [-0.1, -0.05) is 6.92 Å². The van der Waals surface area contributed by atoms with Crippen LogP contribution in [0.25, 0.3) is 0 Å². The Morgan fingerprint density at radius 3 is 1.87 bits per heavy atom. The second-order valence-corrected chi connectivity index (χ2v) is 4.71. The van der Waals surface area contributed by atoms with Crippen LogP contribution < -0.4 is 0 Å². The first-order valence-corrected chi connectivity index (χ1v) is 5.99. The molecule has 0 fully saturated rings. The molecule has 0 aliphatic rings. The van der Waals surface area contributed by atoms with Gasteiger partial charge < -0.3 is 15.3 Å². The minimum absolute atomic E-state index is 0.232. The lowest BCUT2D eigenvalue weighted by Gasteiger charge is -2.38. The number of hydrogen-bond donors (Lipinski definition) is 4. The highest BCUT2D eigenvalue weighted by molar-refractivity contribution is 7.85. The number of rotatable bonds is 7. The van der Waals surface area contributed by atoms with Crippen LogP contribution in [0.4, 0.5) is 0 Å².